The first-order valence-electron chi connectivity index (χ1n) is 6.03. The zero-order chi connectivity index (χ0) is 10.6. The maximum Gasteiger partial charge on any atom is 0.0953 e. The van der Waals surface area contributed by atoms with Gasteiger partial charge in [0.05, 0.1) is 5.57 Å². The first kappa shape index (κ1) is 5.74. The Morgan fingerprint density at radius 1 is 1.54 bits per heavy atom. The summed E-state index contributed by atoms with van der Waals surface area (Å²) in [5.41, 5.74) is 3.42. The highest BCUT2D eigenvalue weighted by Gasteiger charge is 2.44. The summed E-state index contributed by atoms with van der Waals surface area (Å²) in [6, 6.07) is 0. The number of rotatable bonds is 0. The first-order chi connectivity index (χ1) is 7.09. The van der Waals surface area contributed by atoms with Crippen LogP contribution in [0.5, 0.6) is 0 Å². The third-order valence-corrected chi connectivity index (χ3v) is 3.24. The summed E-state index contributed by atoms with van der Waals surface area (Å²) in [5.74, 6) is 0.810. The summed E-state index contributed by atoms with van der Waals surface area (Å²) in [6.45, 7) is 2.07. The molecule has 4 aliphatic rings. The molecule has 0 aromatic heterocycles. The van der Waals surface area contributed by atoms with Gasteiger partial charge in [-0.3, -0.25) is 0 Å². The van der Waals surface area contributed by atoms with Crippen LogP contribution in [0.15, 0.2) is 34.9 Å². The molecule has 0 spiro atoms. The predicted octanol–water partition coefficient (Wildman–Crippen LogP) is 3.43. The first-order valence-corrected chi connectivity index (χ1v) is 5.03. The van der Waals surface area contributed by atoms with E-state index in [0.717, 1.165) is 24.0 Å². The Balaban J connectivity index is 2.07. The molecule has 0 N–H and O–H groups in total. The second-order valence-corrected chi connectivity index (χ2v) is 4.29. The average molecular weight is 173 g/mol. The average Bonchev–Trinajstić information content (AvgIpc) is 2.48. The summed E-state index contributed by atoms with van der Waals surface area (Å²) in [5, 5.41) is 0. The highest BCUT2D eigenvalue weighted by molar-refractivity contribution is 5.48. The smallest absolute Gasteiger partial charge is 0.0339 e. The van der Waals surface area contributed by atoms with Gasteiger partial charge in [0.25, 0.3) is 0 Å². The van der Waals surface area contributed by atoms with Gasteiger partial charge in [-0.1, -0.05) is 0 Å². The monoisotopic (exact) mass is 173 g/mol. The maximum absolute atomic E-state index is 8.13. The lowest BCUT2D eigenvalue weighted by Crippen LogP contribution is -2.11. The molecule has 0 unspecified atom stereocenters. The fourth-order valence-corrected chi connectivity index (χ4v) is 2.44. The minimum atomic E-state index is -1.04. The highest BCUT2D eigenvalue weighted by Crippen LogP contribution is 2.53. The van der Waals surface area contributed by atoms with E-state index < -0.39 is 6.37 Å². The lowest BCUT2D eigenvalue weighted by atomic mass is 9.82. The fraction of sp³-hybridized carbons (Fsp3) is 0.462. The number of allylic oxidation sites excluding steroid dienone is 6. The second-order valence-electron chi connectivity index (χ2n) is 4.29. The molecule has 66 valence electrons. The van der Waals surface area contributed by atoms with E-state index >= 15 is 0 Å². The Hall–Kier alpha value is -0.910. The molecule has 3 fully saturated rings. The third-order valence-electron chi connectivity index (χ3n) is 3.24. The van der Waals surface area contributed by atoms with Gasteiger partial charge < -0.3 is 0 Å². The molecule has 0 radical (unpaired) electrons. The molecule has 3 saturated carbocycles. The van der Waals surface area contributed by atoms with Gasteiger partial charge in [0.2, 0.25) is 0 Å². The Morgan fingerprint density at radius 2 is 2.38 bits per heavy atom. The van der Waals surface area contributed by atoms with Crippen molar-refractivity contribution in [1.82, 2.24) is 0 Å². The molecule has 2 bridgehead atoms. The van der Waals surface area contributed by atoms with Crippen molar-refractivity contribution in [2.75, 3.05) is 0 Å². The molecular weight excluding hydrogens is 156 g/mol. The van der Waals surface area contributed by atoms with Crippen molar-refractivity contribution in [1.29, 1.82) is 0 Å². The van der Waals surface area contributed by atoms with Crippen molar-refractivity contribution in [3.8, 4) is 0 Å². The van der Waals surface area contributed by atoms with Crippen LogP contribution < -0.4 is 0 Å². The zero-order valence-corrected chi connectivity index (χ0v) is 7.88. The molecule has 0 atom stereocenters. The van der Waals surface area contributed by atoms with E-state index in [1.807, 2.05) is 6.08 Å². The van der Waals surface area contributed by atoms with Crippen LogP contribution in [0.25, 0.3) is 0 Å². The van der Waals surface area contributed by atoms with E-state index in [4.69, 9.17) is 2.74 Å². The minimum Gasteiger partial charge on any atom is -0.0339 e. The molecule has 0 heteroatoms. The van der Waals surface area contributed by atoms with E-state index in [1.54, 1.807) is 0 Å². The van der Waals surface area contributed by atoms with E-state index in [1.165, 1.54) is 5.57 Å². The van der Waals surface area contributed by atoms with Crippen LogP contribution in [0.4, 0.5) is 0 Å². The Bertz CT molecular complexity index is 393. The van der Waals surface area contributed by atoms with Crippen LogP contribution in [0.2, 0.25) is 0 Å². The molecule has 0 aromatic rings. The molecular formula is C13H15+. The summed E-state index contributed by atoms with van der Waals surface area (Å²) in [4.78, 5) is 0. The van der Waals surface area contributed by atoms with Gasteiger partial charge in [0, 0.05) is 50.8 Å². The molecule has 0 aromatic carbocycles. The lowest BCUT2D eigenvalue weighted by molar-refractivity contribution is 0.316. The van der Waals surface area contributed by atoms with Crippen molar-refractivity contribution < 1.29 is 2.74 Å². The number of hydrogen-bond acceptors (Lipinski definition) is 0. The van der Waals surface area contributed by atoms with E-state index in [2.05, 4.69) is 25.5 Å². The van der Waals surface area contributed by atoms with Crippen LogP contribution in [0.1, 0.15) is 28.9 Å². The zero-order valence-electron chi connectivity index (χ0n) is 9.88. The van der Waals surface area contributed by atoms with E-state index in [9.17, 15) is 0 Å². The molecule has 0 saturated heterocycles. The second kappa shape index (κ2) is 2.54. The summed E-state index contributed by atoms with van der Waals surface area (Å²) in [7, 11) is 0. The molecule has 0 nitrogen and oxygen atoms in total. The van der Waals surface area contributed by atoms with Crippen LogP contribution in [0.3, 0.4) is 0 Å². The Labute approximate surface area is 82.8 Å². The standard InChI is InChI=1S/C13H15/c1-9-3-2-4-11(5-9)13-8-10-6-12(13)7-10/h2-5,10,12H,6-8H2,1H3/q+1/b13-11-/i8D2. The lowest BCUT2D eigenvalue weighted by Gasteiger charge is -2.20. The van der Waals surface area contributed by atoms with Gasteiger partial charge in [0.1, 0.15) is 0 Å². The van der Waals surface area contributed by atoms with Crippen molar-refractivity contribution in [2.24, 2.45) is 11.8 Å². The summed E-state index contributed by atoms with van der Waals surface area (Å²) in [6.07, 6.45) is 9.36. The van der Waals surface area contributed by atoms with Gasteiger partial charge in [0.15, 0.2) is 0 Å². The molecule has 13 heavy (non-hydrogen) atoms. The third kappa shape index (κ3) is 1.08. The summed E-state index contributed by atoms with van der Waals surface area (Å²) >= 11 is 0. The molecule has 0 amide bonds. The van der Waals surface area contributed by atoms with Crippen molar-refractivity contribution in [2.45, 2.75) is 26.1 Å². The predicted molar refractivity (Wildman–Crippen MR) is 55.1 cm³/mol. The van der Waals surface area contributed by atoms with Gasteiger partial charge in [-0.05, 0) is 25.7 Å². The Morgan fingerprint density at radius 3 is 3.00 bits per heavy atom. The highest BCUT2D eigenvalue weighted by atomic mass is 14.5. The van der Waals surface area contributed by atoms with Crippen molar-refractivity contribution in [3.63, 3.8) is 0 Å². The van der Waals surface area contributed by atoms with Gasteiger partial charge in [-0.2, -0.15) is 0 Å². The molecule has 0 aliphatic heterocycles. The van der Waals surface area contributed by atoms with E-state index in [0.29, 0.717) is 5.92 Å². The minimum absolute atomic E-state index is 0.290. The van der Waals surface area contributed by atoms with Crippen LogP contribution in [-0.4, -0.2) is 0 Å². The SMILES string of the molecule is [2H]C1([2H])/C(=C2/C=C(C)C=C[CH+]2)C2CC1C2. The number of hydrogen-bond donors (Lipinski definition) is 0. The van der Waals surface area contributed by atoms with Crippen molar-refractivity contribution in [3.05, 3.63) is 41.4 Å². The van der Waals surface area contributed by atoms with Crippen LogP contribution in [0, 0.1) is 18.3 Å². The van der Waals surface area contributed by atoms with Gasteiger partial charge >= 0.3 is 0 Å². The molecule has 4 aliphatic carbocycles. The quantitative estimate of drug-likeness (QED) is 0.492. The normalized spacial score (nSPS) is 47.3. The van der Waals surface area contributed by atoms with Crippen molar-refractivity contribution >= 4 is 0 Å². The molecule has 4 rings (SSSR count). The van der Waals surface area contributed by atoms with Crippen LogP contribution >= 0.6 is 0 Å². The maximum atomic E-state index is 8.13. The largest absolute Gasteiger partial charge is 0.0953 e. The van der Waals surface area contributed by atoms with Gasteiger partial charge in [-0.25, -0.2) is 0 Å². The van der Waals surface area contributed by atoms with Gasteiger partial charge in [-0.15, -0.1) is 0 Å². The summed E-state index contributed by atoms with van der Waals surface area (Å²) < 4.78 is 16.3. The molecule has 0 heterocycles. The Kier molecular flexibility index (Phi) is 1.12. The fourth-order valence-electron chi connectivity index (χ4n) is 2.44. The van der Waals surface area contributed by atoms with E-state index in [-0.39, 0.29) is 5.92 Å². The topological polar surface area (TPSA) is 0 Å². The van der Waals surface area contributed by atoms with Crippen LogP contribution in [-0.2, 0) is 0 Å². The number of fused-ring (bicyclic) bond motifs is 1.